The third kappa shape index (κ3) is 4.07. The van der Waals surface area contributed by atoms with Gasteiger partial charge in [0.2, 0.25) is 0 Å². The second-order valence-corrected chi connectivity index (χ2v) is 6.15. The topological polar surface area (TPSA) is 74.1 Å². The maximum Gasteiger partial charge on any atom is 0.174 e. The molecule has 0 bridgehead atoms. The van der Waals surface area contributed by atoms with Crippen molar-refractivity contribution in [1.82, 2.24) is 19.7 Å². The van der Waals surface area contributed by atoms with Crippen LogP contribution in [0.25, 0.3) is 16.7 Å². The molecule has 138 valence electrons. The number of rotatable bonds is 8. The Morgan fingerprint density at radius 1 is 1.12 bits per heavy atom. The fraction of sp³-hybridized carbons (Fsp3) is 0.353. The van der Waals surface area contributed by atoms with E-state index < -0.39 is 0 Å². The van der Waals surface area contributed by atoms with Gasteiger partial charge in [-0.3, -0.25) is 0 Å². The van der Waals surface area contributed by atoms with Gasteiger partial charge in [0.25, 0.3) is 0 Å². The van der Waals surface area contributed by atoms with Crippen LogP contribution in [0.1, 0.15) is 13.8 Å². The second kappa shape index (κ2) is 8.64. The summed E-state index contributed by atoms with van der Waals surface area (Å²) in [6.07, 6.45) is 2.84. The standard InChI is InChI=1S/C17H19Cl2N5O2/c1-3-25-15(26-4-2)9-20-16-12-8-23-24(17(12)22-10-21-16)11-5-6-13(18)14(19)7-11/h5-8,10,15H,3-4,9H2,1-2H3,(H,20,21,22). The zero-order chi connectivity index (χ0) is 18.5. The van der Waals surface area contributed by atoms with Crippen LogP contribution in [0.4, 0.5) is 5.82 Å². The molecule has 2 aromatic heterocycles. The smallest absolute Gasteiger partial charge is 0.174 e. The quantitative estimate of drug-likeness (QED) is 0.582. The molecule has 0 aliphatic rings. The van der Waals surface area contributed by atoms with Gasteiger partial charge in [0.1, 0.15) is 12.1 Å². The second-order valence-electron chi connectivity index (χ2n) is 5.34. The van der Waals surface area contributed by atoms with E-state index in [1.165, 1.54) is 6.33 Å². The number of halogens is 2. The van der Waals surface area contributed by atoms with Crippen molar-refractivity contribution in [3.05, 3.63) is 40.8 Å². The first-order valence-corrected chi connectivity index (χ1v) is 9.00. The first-order valence-electron chi connectivity index (χ1n) is 8.25. The monoisotopic (exact) mass is 395 g/mol. The minimum atomic E-state index is -0.347. The number of hydrogen-bond acceptors (Lipinski definition) is 6. The zero-order valence-electron chi connectivity index (χ0n) is 14.4. The largest absolute Gasteiger partial charge is 0.364 e. The van der Waals surface area contributed by atoms with Crippen molar-refractivity contribution in [2.24, 2.45) is 0 Å². The van der Waals surface area contributed by atoms with Crippen molar-refractivity contribution < 1.29 is 9.47 Å². The van der Waals surface area contributed by atoms with E-state index in [1.807, 2.05) is 19.9 Å². The average Bonchev–Trinajstić information content (AvgIpc) is 3.07. The molecule has 0 atom stereocenters. The van der Waals surface area contributed by atoms with E-state index >= 15 is 0 Å². The molecule has 3 aromatic rings. The van der Waals surface area contributed by atoms with Crippen LogP contribution < -0.4 is 5.32 Å². The molecule has 0 saturated carbocycles. The number of hydrogen-bond donors (Lipinski definition) is 1. The van der Waals surface area contributed by atoms with Gasteiger partial charge in [-0.15, -0.1) is 0 Å². The highest BCUT2D eigenvalue weighted by molar-refractivity contribution is 6.42. The molecule has 0 saturated heterocycles. The molecule has 0 amide bonds. The summed E-state index contributed by atoms with van der Waals surface area (Å²) in [5.74, 6) is 0.658. The van der Waals surface area contributed by atoms with Gasteiger partial charge in [0.05, 0.1) is 33.9 Å². The summed E-state index contributed by atoms with van der Waals surface area (Å²) in [4.78, 5) is 8.64. The van der Waals surface area contributed by atoms with Crippen LogP contribution in [0.3, 0.4) is 0 Å². The normalized spacial score (nSPS) is 11.4. The van der Waals surface area contributed by atoms with E-state index in [9.17, 15) is 0 Å². The SMILES string of the molecule is CCOC(CNc1ncnc2c1cnn2-c1ccc(Cl)c(Cl)c1)OCC. The van der Waals surface area contributed by atoms with Gasteiger partial charge in [-0.1, -0.05) is 23.2 Å². The van der Waals surface area contributed by atoms with Crippen molar-refractivity contribution in [2.75, 3.05) is 25.1 Å². The summed E-state index contributed by atoms with van der Waals surface area (Å²) in [6.45, 7) is 5.46. The van der Waals surface area contributed by atoms with Crippen LogP contribution in [0.2, 0.25) is 10.0 Å². The molecule has 9 heteroatoms. The van der Waals surface area contributed by atoms with Crippen molar-refractivity contribution >= 4 is 40.1 Å². The Morgan fingerprint density at radius 3 is 2.58 bits per heavy atom. The molecule has 0 spiro atoms. The third-order valence-corrected chi connectivity index (χ3v) is 4.39. The Bertz CT molecular complexity index is 881. The summed E-state index contributed by atoms with van der Waals surface area (Å²) in [5, 5.41) is 9.37. The van der Waals surface area contributed by atoms with Gasteiger partial charge in [-0.25, -0.2) is 14.6 Å². The summed E-state index contributed by atoms with van der Waals surface area (Å²) >= 11 is 12.1. The zero-order valence-corrected chi connectivity index (χ0v) is 16.0. The van der Waals surface area contributed by atoms with E-state index in [1.54, 1.807) is 23.0 Å². The Kier molecular flexibility index (Phi) is 6.26. The van der Waals surface area contributed by atoms with Crippen LogP contribution in [-0.2, 0) is 9.47 Å². The molecule has 2 heterocycles. The van der Waals surface area contributed by atoms with Crippen molar-refractivity contribution in [3.8, 4) is 5.69 Å². The molecule has 7 nitrogen and oxygen atoms in total. The Labute approximate surface area is 161 Å². The van der Waals surface area contributed by atoms with Gasteiger partial charge >= 0.3 is 0 Å². The fourth-order valence-corrected chi connectivity index (χ4v) is 2.80. The predicted molar refractivity (Wildman–Crippen MR) is 102 cm³/mol. The van der Waals surface area contributed by atoms with Crippen LogP contribution in [0.5, 0.6) is 0 Å². The number of ether oxygens (including phenoxy) is 2. The van der Waals surface area contributed by atoms with Gasteiger partial charge in [-0.05, 0) is 32.0 Å². The molecule has 0 aliphatic carbocycles. The maximum atomic E-state index is 6.11. The first-order chi connectivity index (χ1) is 12.6. The lowest BCUT2D eigenvalue weighted by Crippen LogP contribution is -2.26. The number of benzene rings is 1. The highest BCUT2D eigenvalue weighted by Crippen LogP contribution is 2.27. The highest BCUT2D eigenvalue weighted by Gasteiger charge is 2.14. The summed E-state index contributed by atoms with van der Waals surface area (Å²) in [5.41, 5.74) is 1.42. The van der Waals surface area contributed by atoms with Gasteiger partial charge < -0.3 is 14.8 Å². The molecule has 1 N–H and O–H groups in total. The maximum absolute atomic E-state index is 6.11. The van der Waals surface area contributed by atoms with Gasteiger partial charge in [-0.2, -0.15) is 5.10 Å². The van der Waals surface area contributed by atoms with E-state index in [2.05, 4.69) is 20.4 Å². The molecule has 0 fully saturated rings. The Morgan fingerprint density at radius 2 is 1.88 bits per heavy atom. The highest BCUT2D eigenvalue weighted by atomic mass is 35.5. The van der Waals surface area contributed by atoms with E-state index in [4.69, 9.17) is 32.7 Å². The molecule has 0 radical (unpaired) electrons. The summed E-state index contributed by atoms with van der Waals surface area (Å²) < 4.78 is 12.8. The number of nitrogens with one attached hydrogen (secondary N) is 1. The van der Waals surface area contributed by atoms with Crippen LogP contribution in [-0.4, -0.2) is 45.8 Å². The first kappa shape index (κ1) is 18.8. The van der Waals surface area contributed by atoms with E-state index in [0.29, 0.717) is 41.3 Å². The summed E-state index contributed by atoms with van der Waals surface area (Å²) in [6, 6.07) is 5.30. The van der Waals surface area contributed by atoms with E-state index in [-0.39, 0.29) is 6.29 Å². The minimum absolute atomic E-state index is 0.347. The number of aromatic nitrogens is 4. The van der Waals surface area contributed by atoms with Gasteiger partial charge in [0.15, 0.2) is 11.9 Å². The average molecular weight is 396 g/mol. The summed E-state index contributed by atoms with van der Waals surface area (Å²) in [7, 11) is 0. The Hall–Kier alpha value is -1.93. The number of anilines is 1. The minimum Gasteiger partial charge on any atom is -0.364 e. The third-order valence-electron chi connectivity index (χ3n) is 3.65. The van der Waals surface area contributed by atoms with E-state index in [0.717, 1.165) is 11.1 Å². The van der Waals surface area contributed by atoms with Crippen LogP contribution in [0.15, 0.2) is 30.7 Å². The lowest BCUT2D eigenvalue weighted by Gasteiger charge is -2.17. The number of nitrogens with zero attached hydrogens (tertiary/aromatic N) is 4. The lowest BCUT2D eigenvalue weighted by molar-refractivity contribution is -0.126. The lowest BCUT2D eigenvalue weighted by atomic mass is 10.3. The van der Waals surface area contributed by atoms with Gasteiger partial charge in [0, 0.05) is 13.2 Å². The molecule has 0 unspecified atom stereocenters. The molecular weight excluding hydrogens is 377 g/mol. The predicted octanol–water partition coefficient (Wildman–Crippen LogP) is 3.93. The van der Waals surface area contributed by atoms with Crippen molar-refractivity contribution in [2.45, 2.75) is 20.1 Å². The molecule has 0 aliphatic heterocycles. The number of fused-ring (bicyclic) bond motifs is 1. The van der Waals surface area contributed by atoms with Crippen molar-refractivity contribution in [3.63, 3.8) is 0 Å². The molecule has 26 heavy (non-hydrogen) atoms. The Balaban J connectivity index is 1.87. The molecule has 1 aromatic carbocycles. The van der Waals surface area contributed by atoms with Crippen LogP contribution in [0, 0.1) is 0 Å². The van der Waals surface area contributed by atoms with Crippen LogP contribution >= 0.6 is 23.2 Å². The van der Waals surface area contributed by atoms with Crippen molar-refractivity contribution in [1.29, 1.82) is 0 Å². The fourth-order valence-electron chi connectivity index (χ4n) is 2.51. The molecule has 3 rings (SSSR count). The molecular formula is C17H19Cl2N5O2.